The van der Waals surface area contributed by atoms with Crippen molar-refractivity contribution in [2.45, 2.75) is 25.7 Å². The molecule has 1 saturated heterocycles. The first-order valence-electron chi connectivity index (χ1n) is 8.72. The normalized spacial score (nSPS) is 17.4. The number of likely N-dealkylation sites (tertiary alicyclic amines) is 1. The Balaban J connectivity index is 1.47. The van der Waals surface area contributed by atoms with Gasteiger partial charge in [-0.1, -0.05) is 29.8 Å². The molecule has 1 aromatic carbocycles. The Labute approximate surface area is 147 Å². The van der Waals surface area contributed by atoms with Gasteiger partial charge in [-0.25, -0.2) is 9.97 Å². The van der Waals surface area contributed by atoms with Gasteiger partial charge in [0.1, 0.15) is 11.3 Å². The van der Waals surface area contributed by atoms with Crippen LogP contribution in [0.25, 0.3) is 11.2 Å². The third kappa shape index (κ3) is 3.02. The van der Waals surface area contributed by atoms with Crippen molar-refractivity contribution in [3.8, 4) is 0 Å². The summed E-state index contributed by atoms with van der Waals surface area (Å²) in [5.41, 5.74) is 4.12. The molecule has 3 heterocycles. The molecule has 3 aromatic rings. The summed E-state index contributed by atoms with van der Waals surface area (Å²) < 4.78 is 2.06. The minimum atomic E-state index is 0.197. The van der Waals surface area contributed by atoms with Crippen LogP contribution in [0.4, 0.5) is 0 Å². The molecule has 1 aliphatic heterocycles. The fourth-order valence-corrected chi connectivity index (χ4v) is 3.60. The number of aromatic nitrogens is 3. The van der Waals surface area contributed by atoms with Gasteiger partial charge in [-0.3, -0.25) is 4.79 Å². The zero-order valence-electron chi connectivity index (χ0n) is 14.6. The third-order valence-electron chi connectivity index (χ3n) is 5.04. The molecule has 1 atom stereocenters. The van der Waals surface area contributed by atoms with E-state index >= 15 is 0 Å². The van der Waals surface area contributed by atoms with E-state index in [1.165, 1.54) is 5.56 Å². The maximum atomic E-state index is 12.6. The largest absolute Gasteiger partial charge is 0.342 e. The number of hydrogen-bond donors (Lipinski definition) is 0. The molecule has 1 amide bonds. The number of fused-ring (bicyclic) bond motifs is 1. The second-order valence-corrected chi connectivity index (χ2v) is 6.86. The number of carbonyl (C=O) groups excluding carboxylic acids is 1. The number of imidazole rings is 1. The molecule has 0 saturated carbocycles. The third-order valence-corrected chi connectivity index (χ3v) is 5.04. The van der Waals surface area contributed by atoms with Crippen molar-refractivity contribution in [1.82, 2.24) is 19.4 Å². The van der Waals surface area contributed by atoms with Crippen molar-refractivity contribution in [3.63, 3.8) is 0 Å². The Morgan fingerprint density at radius 1 is 1.24 bits per heavy atom. The fraction of sp³-hybridized carbons (Fsp3) is 0.350. The molecule has 0 bridgehead atoms. The number of aryl methyl sites for hydroxylation is 2. The van der Waals surface area contributed by atoms with E-state index < -0.39 is 0 Å². The monoisotopic (exact) mass is 334 g/mol. The van der Waals surface area contributed by atoms with E-state index in [1.807, 2.05) is 36.2 Å². The Kier molecular flexibility index (Phi) is 3.99. The summed E-state index contributed by atoms with van der Waals surface area (Å²) in [7, 11) is 2.01. The lowest BCUT2D eigenvalue weighted by Gasteiger charge is -2.16. The number of amides is 1. The number of benzene rings is 1. The van der Waals surface area contributed by atoms with Gasteiger partial charge in [0.25, 0.3) is 0 Å². The molecule has 25 heavy (non-hydrogen) atoms. The molecule has 5 heteroatoms. The lowest BCUT2D eigenvalue weighted by Crippen LogP contribution is -2.30. The summed E-state index contributed by atoms with van der Waals surface area (Å²) in [5.74, 6) is 1.50. The number of rotatable bonds is 3. The lowest BCUT2D eigenvalue weighted by atomic mass is 10.1. The Bertz CT molecular complexity index is 913. The second kappa shape index (κ2) is 6.31. The molecular weight excluding hydrogens is 312 g/mol. The number of nitrogens with zero attached hydrogens (tertiary/aromatic N) is 4. The molecule has 0 spiro atoms. The van der Waals surface area contributed by atoms with Crippen molar-refractivity contribution in [2.75, 3.05) is 13.1 Å². The number of carbonyl (C=O) groups is 1. The average Bonchev–Trinajstić information content (AvgIpc) is 3.22. The van der Waals surface area contributed by atoms with E-state index in [1.54, 1.807) is 6.20 Å². The van der Waals surface area contributed by atoms with Crippen molar-refractivity contribution in [2.24, 2.45) is 7.05 Å². The molecule has 1 aliphatic rings. The zero-order chi connectivity index (χ0) is 17.4. The summed E-state index contributed by atoms with van der Waals surface area (Å²) in [5, 5.41) is 0. The van der Waals surface area contributed by atoms with Crippen LogP contribution in [0.15, 0.2) is 42.6 Å². The van der Waals surface area contributed by atoms with Crippen molar-refractivity contribution >= 4 is 17.1 Å². The van der Waals surface area contributed by atoms with Crippen LogP contribution < -0.4 is 0 Å². The fourth-order valence-electron chi connectivity index (χ4n) is 3.60. The Morgan fingerprint density at radius 3 is 2.80 bits per heavy atom. The van der Waals surface area contributed by atoms with Crippen LogP contribution in [0.3, 0.4) is 0 Å². The quantitative estimate of drug-likeness (QED) is 0.740. The Morgan fingerprint density at radius 2 is 2.04 bits per heavy atom. The maximum absolute atomic E-state index is 12.6. The summed E-state index contributed by atoms with van der Waals surface area (Å²) in [6.07, 6.45) is 3.22. The summed E-state index contributed by atoms with van der Waals surface area (Å²) in [4.78, 5) is 23.7. The van der Waals surface area contributed by atoms with Crippen LogP contribution in [-0.4, -0.2) is 38.4 Å². The average molecular weight is 334 g/mol. The molecule has 4 rings (SSSR count). The molecule has 0 aliphatic carbocycles. The number of hydrogen-bond acceptors (Lipinski definition) is 3. The lowest BCUT2D eigenvalue weighted by molar-refractivity contribution is -0.129. The van der Waals surface area contributed by atoms with Gasteiger partial charge in [0.05, 0.1) is 6.42 Å². The van der Waals surface area contributed by atoms with Crippen LogP contribution in [-0.2, 0) is 18.3 Å². The SMILES string of the molecule is Cc1ccc(CC(=O)N2CCC(c3nc4cccnc4n3C)C2)cc1. The maximum Gasteiger partial charge on any atom is 0.227 e. The van der Waals surface area contributed by atoms with E-state index in [2.05, 4.69) is 28.6 Å². The molecule has 0 N–H and O–H groups in total. The van der Waals surface area contributed by atoms with E-state index in [0.29, 0.717) is 6.42 Å². The molecular formula is C20H22N4O. The van der Waals surface area contributed by atoms with Crippen LogP contribution in [0.1, 0.15) is 29.3 Å². The van der Waals surface area contributed by atoms with E-state index in [-0.39, 0.29) is 11.8 Å². The van der Waals surface area contributed by atoms with Gasteiger partial charge in [0.2, 0.25) is 5.91 Å². The first-order chi connectivity index (χ1) is 12.1. The van der Waals surface area contributed by atoms with Gasteiger partial charge in [-0.05, 0) is 31.0 Å². The van der Waals surface area contributed by atoms with E-state index in [9.17, 15) is 4.79 Å². The van der Waals surface area contributed by atoms with Crippen molar-refractivity contribution in [1.29, 1.82) is 0 Å². The van der Waals surface area contributed by atoms with Crippen LogP contribution in [0, 0.1) is 6.92 Å². The van der Waals surface area contributed by atoms with Crippen molar-refractivity contribution in [3.05, 3.63) is 59.5 Å². The highest BCUT2D eigenvalue weighted by molar-refractivity contribution is 5.79. The van der Waals surface area contributed by atoms with E-state index in [4.69, 9.17) is 4.98 Å². The van der Waals surface area contributed by atoms with Gasteiger partial charge in [-0.15, -0.1) is 0 Å². The molecule has 1 fully saturated rings. The van der Waals surface area contributed by atoms with E-state index in [0.717, 1.165) is 42.1 Å². The second-order valence-electron chi connectivity index (χ2n) is 6.86. The predicted molar refractivity (Wildman–Crippen MR) is 97.3 cm³/mol. The standard InChI is InChI=1S/C20H22N4O/c1-14-5-7-15(8-6-14)12-18(25)24-11-9-16(13-24)19-22-17-4-3-10-21-20(17)23(19)2/h3-8,10,16H,9,11-13H2,1-2H3. The topological polar surface area (TPSA) is 51.0 Å². The van der Waals surface area contributed by atoms with Crippen molar-refractivity contribution < 1.29 is 4.79 Å². The summed E-state index contributed by atoms with van der Waals surface area (Å²) in [6.45, 7) is 3.59. The van der Waals surface area contributed by atoms with Gasteiger partial charge < -0.3 is 9.47 Å². The minimum Gasteiger partial charge on any atom is -0.342 e. The first kappa shape index (κ1) is 15.8. The number of pyridine rings is 1. The summed E-state index contributed by atoms with van der Waals surface area (Å²) >= 11 is 0. The smallest absolute Gasteiger partial charge is 0.227 e. The summed E-state index contributed by atoms with van der Waals surface area (Å²) in [6, 6.07) is 12.1. The predicted octanol–water partition coefficient (Wildman–Crippen LogP) is 2.84. The Hall–Kier alpha value is -2.69. The molecule has 128 valence electrons. The molecule has 0 radical (unpaired) electrons. The first-order valence-corrected chi connectivity index (χ1v) is 8.72. The highest BCUT2D eigenvalue weighted by Gasteiger charge is 2.30. The van der Waals surface area contributed by atoms with Gasteiger partial charge >= 0.3 is 0 Å². The van der Waals surface area contributed by atoms with Gasteiger partial charge in [0.15, 0.2) is 5.65 Å². The van der Waals surface area contributed by atoms with Gasteiger partial charge in [-0.2, -0.15) is 0 Å². The molecule has 5 nitrogen and oxygen atoms in total. The highest BCUT2D eigenvalue weighted by Crippen LogP contribution is 2.28. The van der Waals surface area contributed by atoms with Gasteiger partial charge in [0, 0.05) is 32.3 Å². The molecule has 1 unspecified atom stereocenters. The molecule has 2 aromatic heterocycles. The minimum absolute atomic E-state index is 0.197. The van der Waals surface area contributed by atoms with Crippen LogP contribution in [0.5, 0.6) is 0 Å². The van der Waals surface area contributed by atoms with Crippen LogP contribution >= 0.6 is 0 Å². The van der Waals surface area contributed by atoms with Crippen LogP contribution in [0.2, 0.25) is 0 Å². The zero-order valence-corrected chi connectivity index (χ0v) is 14.6. The highest BCUT2D eigenvalue weighted by atomic mass is 16.2.